The molecule has 0 bridgehead atoms. The molecule has 2 N–H and O–H groups in total. The van der Waals surface area contributed by atoms with E-state index in [1.54, 1.807) is 0 Å². The summed E-state index contributed by atoms with van der Waals surface area (Å²) in [4.78, 5) is 10.9. The van der Waals surface area contributed by atoms with Gasteiger partial charge in [-0.05, 0) is 25.0 Å². The molecule has 1 rings (SSSR count). The number of thioether (sulfide) groups is 1. The molecule has 1 amide bonds. The second-order valence-corrected chi connectivity index (χ2v) is 4.01. The van der Waals surface area contributed by atoms with Crippen LogP contribution in [0.5, 0.6) is 0 Å². The van der Waals surface area contributed by atoms with Crippen molar-refractivity contribution in [2.45, 2.75) is 18.9 Å². The van der Waals surface area contributed by atoms with Crippen molar-refractivity contribution in [3.05, 3.63) is 0 Å². The molecule has 0 aromatic carbocycles. The highest BCUT2D eigenvalue weighted by Gasteiger charge is 2.29. The molecular formula is C8H15NO2S. The van der Waals surface area contributed by atoms with Gasteiger partial charge in [0.25, 0.3) is 0 Å². The number of carbonyl (C=O) groups is 1. The highest BCUT2D eigenvalue weighted by atomic mass is 32.2. The smallest absolute Gasteiger partial charge is 0.230 e. The molecule has 0 saturated heterocycles. The molecule has 1 fully saturated rings. The lowest BCUT2D eigenvalue weighted by molar-refractivity contribution is -0.119. The average Bonchev–Trinajstić information content (AvgIpc) is 2.83. The van der Waals surface area contributed by atoms with Gasteiger partial charge in [-0.3, -0.25) is 4.79 Å². The molecule has 0 heterocycles. The molecule has 70 valence electrons. The van der Waals surface area contributed by atoms with Gasteiger partial charge < -0.3 is 10.4 Å². The standard InChI is InChI=1S/C8H15NO2S/c1-12-5-8(11)9-4-7(10)6-2-3-6/h6-7,10H,2-5H2,1H3,(H,9,11). The molecular weight excluding hydrogens is 174 g/mol. The van der Waals surface area contributed by atoms with Gasteiger partial charge in [0.2, 0.25) is 5.91 Å². The third-order valence-electron chi connectivity index (χ3n) is 1.95. The number of aliphatic hydroxyl groups excluding tert-OH is 1. The Hall–Kier alpha value is -0.220. The van der Waals surface area contributed by atoms with E-state index >= 15 is 0 Å². The maximum Gasteiger partial charge on any atom is 0.230 e. The van der Waals surface area contributed by atoms with Crippen molar-refractivity contribution in [3.8, 4) is 0 Å². The van der Waals surface area contributed by atoms with Crippen molar-refractivity contribution in [3.63, 3.8) is 0 Å². The molecule has 1 saturated carbocycles. The number of carbonyl (C=O) groups excluding carboxylic acids is 1. The van der Waals surface area contributed by atoms with Crippen LogP contribution in [-0.2, 0) is 4.79 Å². The van der Waals surface area contributed by atoms with Gasteiger partial charge in [-0.1, -0.05) is 0 Å². The highest BCUT2D eigenvalue weighted by Crippen LogP contribution is 2.32. The van der Waals surface area contributed by atoms with Crippen LogP contribution in [0.4, 0.5) is 0 Å². The second-order valence-electron chi connectivity index (χ2n) is 3.14. The van der Waals surface area contributed by atoms with E-state index in [2.05, 4.69) is 5.32 Å². The zero-order valence-electron chi connectivity index (χ0n) is 7.25. The summed E-state index contributed by atoms with van der Waals surface area (Å²) >= 11 is 1.49. The van der Waals surface area contributed by atoms with Crippen LogP contribution in [0.15, 0.2) is 0 Å². The minimum Gasteiger partial charge on any atom is -0.391 e. The lowest BCUT2D eigenvalue weighted by Crippen LogP contribution is -2.34. The van der Waals surface area contributed by atoms with Gasteiger partial charge in [-0.15, -0.1) is 0 Å². The molecule has 0 radical (unpaired) electrons. The summed E-state index contributed by atoms with van der Waals surface area (Å²) < 4.78 is 0. The maximum atomic E-state index is 10.9. The molecule has 3 nitrogen and oxygen atoms in total. The molecule has 4 heteroatoms. The van der Waals surface area contributed by atoms with Crippen LogP contribution in [0.3, 0.4) is 0 Å². The first-order chi connectivity index (χ1) is 5.74. The number of aliphatic hydroxyl groups is 1. The van der Waals surface area contributed by atoms with E-state index in [4.69, 9.17) is 0 Å². The van der Waals surface area contributed by atoms with E-state index in [-0.39, 0.29) is 12.0 Å². The molecule has 0 aromatic heterocycles. The van der Waals surface area contributed by atoms with Crippen molar-refractivity contribution in [2.75, 3.05) is 18.6 Å². The van der Waals surface area contributed by atoms with Crippen LogP contribution in [0.1, 0.15) is 12.8 Å². The zero-order valence-corrected chi connectivity index (χ0v) is 8.06. The Morgan fingerprint density at radius 1 is 1.75 bits per heavy atom. The summed E-state index contributed by atoms with van der Waals surface area (Å²) in [6, 6.07) is 0. The van der Waals surface area contributed by atoms with Gasteiger partial charge in [-0.25, -0.2) is 0 Å². The predicted octanol–water partition coefficient (Wildman–Crippen LogP) is 0.236. The first kappa shape index (κ1) is 9.86. The Balaban J connectivity index is 2.03. The SMILES string of the molecule is CSCC(=O)NCC(O)C1CC1. The van der Waals surface area contributed by atoms with Crippen molar-refractivity contribution in [1.82, 2.24) is 5.32 Å². The van der Waals surface area contributed by atoms with Crippen LogP contribution in [-0.4, -0.2) is 35.7 Å². The first-order valence-corrected chi connectivity index (χ1v) is 5.57. The molecule has 12 heavy (non-hydrogen) atoms. The number of rotatable bonds is 5. The average molecular weight is 189 g/mol. The van der Waals surface area contributed by atoms with E-state index in [0.717, 1.165) is 12.8 Å². The molecule has 1 unspecified atom stereocenters. The van der Waals surface area contributed by atoms with E-state index in [9.17, 15) is 9.90 Å². The van der Waals surface area contributed by atoms with Crippen LogP contribution < -0.4 is 5.32 Å². The number of hydrogen-bond donors (Lipinski definition) is 2. The van der Waals surface area contributed by atoms with Gasteiger partial charge in [0, 0.05) is 6.54 Å². The van der Waals surface area contributed by atoms with Crippen LogP contribution in [0.25, 0.3) is 0 Å². The van der Waals surface area contributed by atoms with Crippen molar-refractivity contribution >= 4 is 17.7 Å². The summed E-state index contributed by atoms with van der Waals surface area (Å²) in [5, 5.41) is 12.1. The van der Waals surface area contributed by atoms with Gasteiger partial charge >= 0.3 is 0 Å². The molecule has 0 spiro atoms. The zero-order chi connectivity index (χ0) is 8.97. The van der Waals surface area contributed by atoms with E-state index < -0.39 is 0 Å². The summed E-state index contributed by atoms with van der Waals surface area (Å²) in [6.45, 7) is 0.421. The van der Waals surface area contributed by atoms with Crippen molar-refractivity contribution < 1.29 is 9.90 Å². The monoisotopic (exact) mass is 189 g/mol. The fourth-order valence-electron chi connectivity index (χ4n) is 1.05. The lowest BCUT2D eigenvalue weighted by Gasteiger charge is -2.09. The van der Waals surface area contributed by atoms with Crippen LogP contribution in [0.2, 0.25) is 0 Å². The minimum atomic E-state index is -0.323. The Morgan fingerprint density at radius 3 is 2.92 bits per heavy atom. The normalized spacial score (nSPS) is 18.8. The van der Waals surface area contributed by atoms with Crippen LogP contribution in [0, 0.1) is 5.92 Å². The van der Waals surface area contributed by atoms with Gasteiger partial charge in [0.15, 0.2) is 0 Å². The molecule has 1 aliphatic rings. The molecule has 0 aliphatic heterocycles. The van der Waals surface area contributed by atoms with E-state index in [1.807, 2.05) is 6.26 Å². The highest BCUT2D eigenvalue weighted by molar-refractivity contribution is 7.99. The second kappa shape index (κ2) is 4.72. The largest absolute Gasteiger partial charge is 0.391 e. The fourth-order valence-corrected chi connectivity index (χ4v) is 1.41. The van der Waals surface area contributed by atoms with Gasteiger partial charge in [0.05, 0.1) is 11.9 Å². The topological polar surface area (TPSA) is 49.3 Å². The van der Waals surface area contributed by atoms with E-state index in [1.165, 1.54) is 11.8 Å². The number of hydrogen-bond acceptors (Lipinski definition) is 3. The predicted molar refractivity (Wildman–Crippen MR) is 50.1 cm³/mol. The first-order valence-electron chi connectivity index (χ1n) is 4.17. The molecule has 0 aromatic rings. The quantitative estimate of drug-likeness (QED) is 0.651. The van der Waals surface area contributed by atoms with Crippen molar-refractivity contribution in [2.24, 2.45) is 5.92 Å². The number of nitrogens with one attached hydrogen (secondary N) is 1. The summed E-state index contributed by atoms with van der Waals surface area (Å²) in [7, 11) is 0. The molecule has 1 aliphatic carbocycles. The van der Waals surface area contributed by atoms with Crippen molar-refractivity contribution in [1.29, 1.82) is 0 Å². The summed E-state index contributed by atoms with van der Waals surface area (Å²) in [5.41, 5.74) is 0. The Labute approximate surface area is 76.9 Å². The fraction of sp³-hybridized carbons (Fsp3) is 0.875. The Kier molecular flexibility index (Phi) is 3.88. The minimum absolute atomic E-state index is 0.0159. The van der Waals surface area contributed by atoms with Gasteiger partial charge in [0.1, 0.15) is 0 Å². The summed E-state index contributed by atoms with van der Waals surface area (Å²) in [5.74, 6) is 0.943. The third kappa shape index (κ3) is 3.45. The lowest BCUT2D eigenvalue weighted by atomic mass is 10.2. The van der Waals surface area contributed by atoms with Crippen LogP contribution >= 0.6 is 11.8 Å². The number of amides is 1. The Bertz CT molecular complexity index is 159. The van der Waals surface area contributed by atoms with Gasteiger partial charge in [-0.2, -0.15) is 11.8 Å². The Morgan fingerprint density at radius 2 is 2.42 bits per heavy atom. The third-order valence-corrected chi connectivity index (χ3v) is 2.50. The maximum absolute atomic E-state index is 10.9. The molecule has 1 atom stereocenters. The van der Waals surface area contributed by atoms with E-state index in [0.29, 0.717) is 18.2 Å². The summed E-state index contributed by atoms with van der Waals surface area (Å²) in [6.07, 6.45) is 3.78.